The van der Waals surface area contributed by atoms with E-state index in [4.69, 9.17) is 21.1 Å². The molecular formula is C19H17ClN4O3S. The molecule has 4 rings (SSSR count). The smallest absolute Gasteiger partial charge is 0.247 e. The second-order valence-electron chi connectivity index (χ2n) is 5.92. The van der Waals surface area contributed by atoms with Gasteiger partial charge in [0.1, 0.15) is 0 Å². The number of anilines is 1. The van der Waals surface area contributed by atoms with E-state index in [-0.39, 0.29) is 16.5 Å². The summed E-state index contributed by atoms with van der Waals surface area (Å²) in [7, 11) is 1.46. The molecule has 0 radical (unpaired) electrons. The molecule has 7 nitrogen and oxygen atoms in total. The predicted molar refractivity (Wildman–Crippen MR) is 108 cm³/mol. The number of para-hydroxylation sites is 1. The summed E-state index contributed by atoms with van der Waals surface area (Å²) in [5.41, 5.74) is 2.89. The van der Waals surface area contributed by atoms with Crippen molar-refractivity contribution in [1.29, 1.82) is 0 Å². The molecule has 28 heavy (non-hydrogen) atoms. The van der Waals surface area contributed by atoms with Crippen LogP contribution in [0.5, 0.6) is 17.4 Å². The zero-order valence-electron chi connectivity index (χ0n) is 15.1. The van der Waals surface area contributed by atoms with Crippen LogP contribution in [0, 0.1) is 0 Å². The maximum absolute atomic E-state index is 10.0. The molecule has 1 aliphatic heterocycles. The fourth-order valence-electron chi connectivity index (χ4n) is 2.89. The van der Waals surface area contributed by atoms with Crippen LogP contribution < -0.4 is 14.8 Å². The molecule has 9 heteroatoms. The van der Waals surface area contributed by atoms with Crippen LogP contribution in [0.1, 0.15) is 18.7 Å². The van der Waals surface area contributed by atoms with Crippen LogP contribution in [0.3, 0.4) is 0 Å². The molecule has 144 valence electrons. The molecule has 1 atom stereocenters. The van der Waals surface area contributed by atoms with Crippen LogP contribution in [-0.4, -0.2) is 33.2 Å². The minimum absolute atomic E-state index is 0.118. The third kappa shape index (κ3) is 3.41. The van der Waals surface area contributed by atoms with Crippen molar-refractivity contribution in [2.45, 2.75) is 18.3 Å². The number of nitrogens with one attached hydrogen (secondary N) is 1. The number of phenolic OH excluding ortho intramolecular Hbond substituents is 1. The van der Waals surface area contributed by atoms with Crippen LogP contribution in [0.2, 0.25) is 5.02 Å². The molecule has 2 N–H and O–H groups in total. The van der Waals surface area contributed by atoms with E-state index in [0.717, 1.165) is 17.0 Å². The average Bonchev–Trinajstić information content (AvgIpc) is 2.86. The van der Waals surface area contributed by atoms with Gasteiger partial charge in [-0.3, -0.25) is 0 Å². The van der Waals surface area contributed by atoms with E-state index in [2.05, 4.69) is 20.5 Å². The average molecular weight is 417 g/mol. The number of benzene rings is 2. The van der Waals surface area contributed by atoms with Gasteiger partial charge in [-0.25, -0.2) is 0 Å². The van der Waals surface area contributed by atoms with Crippen molar-refractivity contribution >= 4 is 29.1 Å². The number of fused-ring (bicyclic) bond motifs is 3. The van der Waals surface area contributed by atoms with E-state index in [9.17, 15) is 5.11 Å². The number of rotatable bonds is 4. The Morgan fingerprint density at radius 3 is 2.89 bits per heavy atom. The summed E-state index contributed by atoms with van der Waals surface area (Å²) in [6.45, 7) is 2.02. The van der Waals surface area contributed by atoms with Gasteiger partial charge in [0, 0.05) is 16.8 Å². The molecule has 2 aromatic carbocycles. The zero-order chi connectivity index (χ0) is 19.7. The fraction of sp³-hybridized carbons (Fsp3) is 0.211. The Hall–Kier alpha value is -2.71. The van der Waals surface area contributed by atoms with Crippen molar-refractivity contribution in [1.82, 2.24) is 15.2 Å². The van der Waals surface area contributed by atoms with E-state index < -0.39 is 6.23 Å². The first-order valence-electron chi connectivity index (χ1n) is 8.57. The number of nitrogens with zero attached hydrogens (tertiary/aromatic N) is 3. The topological polar surface area (TPSA) is 89.4 Å². The number of ether oxygens (including phenoxy) is 2. The van der Waals surface area contributed by atoms with Crippen molar-refractivity contribution in [2.75, 3.05) is 18.2 Å². The Kier molecular flexibility index (Phi) is 5.15. The Morgan fingerprint density at radius 1 is 1.29 bits per heavy atom. The first-order chi connectivity index (χ1) is 13.6. The minimum atomic E-state index is -0.620. The van der Waals surface area contributed by atoms with Gasteiger partial charge >= 0.3 is 0 Å². The van der Waals surface area contributed by atoms with E-state index in [1.807, 2.05) is 31.2 Å². The highest BCUT2D eigenvalue weighted by molar-refractivity contribution is 7.99. The van der Waals surface area contributed by atoms with Crippen molar-refractivity contribution in [3.05, 3.63) is 47.0 Å². The molecule has 0 spiro atoms. The Labute approximate surface area is 171 Å². The third-order valence-corrected chi connectivity index (χ3v) is 5.19. The number of phenols is 1. The molecular weight excluding hydrogens is 400 g/mol. The number of hydrogen-bond acceptors (Lipinski definition) is 8. The van der Waals surface area contributed by atoms with E-state index in [1.54, 1.807) is 12.1 Å². The van der Waals surface area contributed by atoms with Gasteiger partial charge in [0.15, 0.2) is 23.4 Å². The maximum Gasteiger partial charge on any atom is 0.247 e. The minimum Gasteiger partial charge on any atom is -0.503 e. The summed E-state index contributed by atoms with van der Waals surface area (Å²) < 4.78 is 11.4. The summed E-state index contributed by atoms with van der Waals surface area (Å²) in [6, 6.07) is 11.0. The molecule has 0 saturated carbocycles. The highest BCUT2D eigenvalue weighted by Crippen LogP contribution is 2.42. The number of aromatic hydroxyl groups is 1. The molecule has 1 aromatic heterocycles. The molecule has 1 aliphatic rings. The number of methoxy groups -OCH3 is 1. The molecule has 0 aliphatic carbocycles. The SMILES string of the molecule is CCSc1nnc2c(n1)O[C@H](c1cc(Cl)c(O)c(OC)c1)Nc1ccccc1-2. The van der Waals surface area contributed by atoms with Gasteiger partial charge < -0.3 is 19.9 Å². The van der Waals surface area contributed by atoms with Crippen molar-refractivity contribution < 1.29 is 14.6 Å². The van der Waals surface area contributed by atoms with Gasteiger partial charge in [0.2, 0.25) is 11.0 Å². The highest BCUT2D eigenvalue weighted by Gasteiger charge is 2.27. The molecule has 0 amide bonds. The van der Waals surface area contributed by atoms with Crippen molar-refractivity contribution in [2.24, 2.45) is 0 Å². The van der Waals surface area contributed by atoms with E-state index in [1.165, 1.54) is 18.9 Å². The number of aromatic nitrogens is 3. The van der Waals surface area contributed by atoms with Gasteiger partial charge in [0.05, 0.1) is 12.1 Å². The molecule has 2 heterocycles. The van der Waals surface area contributed by atoms with Crippen LogP contribution >= 0.6 is 23.4 Å². The lowest BCUT2D eigenvalue weighted by molar-refractivity contribution is 0.224. The van der Waals surface area contributed by atoms with Gasteiger partial charge in [-0.15, -0.1) is 10.2 Å². The summed E-state index contributed by atoms with van der Waals surface area (Å²) >= 11 is 7.65. The number of thioether (sulfide) groups is 1. The normalized spacial score (nSPS) is 14.9. The van der Waals surface area contributed by atoms with Crippen LogP contribution in [-0.2, 0) is 0 Å². The lowest BCUT2D eigenvalue weighted by Crippen LogP contribution is -2.17. The zero-order valence-corrected chi connectivity index (χ0v) is 16.7. The van der Waals surface area contributed by atoms with Gasteiger partial charge in [-0.05, 0) is 24.0 Å². The molecule has 0 fully saturated rings. The lowest BCUT2D eigenvalue weighted by atomic mass is 10.1. The quantitative estimate of drug-likeness (QED) is 0.600. The number of hydrogen-bond donors (Lipinski definition) is 2. The molecule has 3 aromatic rings. The third-order valence-electron chi connectivity index (χ3n) is 4.18. The first kappa shape index (κ1) is 18.6. The fourth-order valence-corrected chi connectivity index (χ4v) is 3.61. The van der Waals surface area contributed by atoms with Gasteiger partial charge in [0.25, 0.3) is 0 Å². The van der Waals surface area contributed by atoms with E-state index in [0.29, 0.717) is 22.3 Å². The second-order valence-corrected chi connectivity index (χ2v) is 7.56. The van der Waals surface area contributed by atoms with Crippen molar-refractivity contribution in [3.63, 3.8) is 0 Å². The summed E-state index contributed by atoms with van der Waals surface area (Å²) in [6.07, 6.45) is -0.620. The van der Waals surface area contributed by atoms with Crippen molar-refractivity contribution in [3.8, 4) is 28.6 Å². The first-order valence-corrected chi connectivity index (χ1v) is 9.93. The second kappa shape index (κ2) is 7.73. The largest absolute Gasteiger partial charge is 0.503 e. The van der Waals surface area contributed by atoms with Gasteiger partial charge in [-0.1, -0.05) is 48.5 Å². The van der Waals surface area contributed by atoms with Crippen LogP contribution in [0.4, 0.5) is 5.69 Å². The Morgan fingerprint density at radius 2 is 2.11 bits per heavy atom. The molecule has 0 bridgehead atoms. The molecule has 0 unspecified atom stereocenters. The van der Waals surface area contributed by atoms with Crippen LogP contribution in [0.25, 0.3) is 11.3 Å². The summed E-state index contributed by atoms with van der Waals surface area (Å²) in [5, 5.41) is 22.6. The van der Waals surface area contributed by atoms with Crippen LogP contribution in [0.15, 0.2) is 41.6 Å². The Bertz CT molecular complexity index is 1030. The summed E-state index contributed by atoms with van der Waals surface area (Å²) in [5.74, 6) is 1.34. The molecule has 0 saturated heterocycles. The Balaban J connectivity index is 1.84. The standard InChI is InChI=1S/C19H17ClN4O3S/c1-3-28-19-22-18-15(23-24-19)11-6-4-5-7-13(11)21-17(27-18)10-8-12(20)16(25)14(9-10)26-2/h4-9,17,21,25H,3H2,1-2H3/t17-/m1/s1. The number of halogens is 1. The summed E-state index contributed by atoms with van der Waals surface area (Å²) in [4.78, 5) is 4.53. The van der Waals surface area contributed by atoms with E-state index >= 15 is 0 Å². The lowest BCUT2D eigenvalue weighted by Gasteiger charge is -2.20. The van der Waals surface area contributed by atoms with Gasteiger partial charge in [-0.2, -0.15) is 4.98 Å². The predicted octanol–water partition coefficient (Wildman–Crippen LogP) is 4.52. The maximum atomic E-state index is 10.0. The monoisotopic (exact) mass is 416 g/mol. The highest BCUT2D eigenvalue weighted by atomic mass is 35.5.